The Bertz CT molecular complexity index is 867. The van der Waals surface area contributed by atoms with Gasteiger partial charge in [-0.25, -0.2) is 0 Å². The number of aliphatic hydroxyl groups is 1. The minimum Gasteiger partial charge on any atom is -0.393 e. The van der Waals surface area contributed by atoms with Gasteiger partial charge in [0.25, 0.3) is 0 Å². The molecule has 1 spiro atoms. The molecule has 0 aromatic rings. The maximum Gasteiger partial charge on any atom is 0.136 e. The molecule has 6 rings (SSSR count). The number of nitrogens with one attached hydrogen (secondary N) is 1. The average molecular weight is 442 g/mol. The van der Waals surface area contributed by atoms with Gasteiger partial charge in [-0.2, -0.15) is 0 Å². The summed E-state index contributed by atoms with van der Waals surface area (Å²) in [5.74, 6) is 2.70. The molecular formula is C28H43NO3. The van der Waals surface area contributed by atoms with E-state index in [2.05, 4.69) is 39.9 Å². The number of fused-ring (bicyclic) bond motifs is 6. The second kappa shape index (κ2) is 6.92. The third-order valence-electron chi connectivity index (χ3n) is 11.9. The number of allylic oxidation sites excluding steroid dienone is 1. The number of ketones is 1. The van der Waals surface area contributed by atoms with Crippen LogP contribution in [0.5, 0.6) is 0 Å². The smallest absolute Gasteiger partial charge is 0.136 e. The maximum atomic E-state index is 13.4. The lowest BCUT2D eigenvalue weighted by molar-refractivity contribution is -0.147. The minimum absolute atomic E-state index is 0.0488. The Morgan fingerprint density at radius 2 is 1.84 bits per heavy atom. The van der Waals surface area contributed by atoms with Crippen molar-refractivity contribution < 1.29 is 14.6 Å². The zero-order valence-corrected chi connectivity index (χ0v) is 20.7. The van der Waals surface area contributed by atoms with Crippen molar-refractivity contribution in [1.82, 2.24) is 5.32 Å². The number of hydrogen-bond donors (Lipinski definition) is 2. The van der Waals surface area contributed by atoms with Crippen LogP contribution in [0.15, 0.2) is 11.1 Å². The summed E-state index contributed by atoms with van der Waals surface area (Å²) in [4.78, 5) is 13.4. The van der Waals surface area contributed by atoms with Gasteiger partial charge in [-0.05, 0) is 92.6 Å². The summed E-state index contributed by atoms with van der Waals surface area (Å²) in [6, 6.07) is 0.470. The number of ether oxygens (including phenoxy) is 1. The molecular weight excluding hydrogens is 398 g/mol. The highest BCUT2D eigenvalue weighted by atomic mass is 16.5. The Morgan fingerprint density at radius 3 is 2.62 bits per heavy atom. The molecule has 0 amide bonds. The average Bonchev–Trinajstić information content (AvgIpc) is 3.20. The normalized spacial score (nSPS) is 57.2. The number of rotatable bonds is 0. The Balaban J connectivity index is 1.39. The summed E-state index contributed by atoms with van der Waals surface area (Å²) < 4.78 is 7.04. The highest BCUT2D eigenvalue weighted by Crippen LogP contribution is 2.70. The van der Waals surface area contributed by atoms with E-state index in [1.54, 1.807) is 5.57 Å². The quantitative estimate of drug-likeness (QED) is 0.537. The van der Waals surface area contributed by atoms with Crippen molar-refractivity contribution in [2.75, 3.05) is 6.54 Å². The molecule has 2 saturated heterocycles. The standard InChI is InChI=1S/C28H43NO3/c1-15-10-24-25(29-14-15)17(3)28(32-24)9-8-27(5)19(16(28)2)12-20-21(27)13-23(31)22-11-18(30)6-7-26(20,22)4/h15,17-18,20-22,24-25,29-30H,6-14H2,1-5H3. The summed E-state index contributed by atoms with van der Waals surface area (Å²) in [5, 5.41) is 14.2. The molecule has 0 radical (unpaired) electrons. The highest BCUT2D eigenvalue weighted by Gasteiger charge is 2.66. The Morgan fingerprint density at radius 1 is 1.06 bits per heavy atom. The topological polar surface area (TPSA) is 58.6 Å². The lowest BCUT2D eigenvalue weighted by Crippen LogP contribution is -2.53. The minimum atomic E-state index is -0.289. The van der Waals surface area contributed by atoms with E-state index in [1.807, 2.05) is 0 Å². The summed E-state index contributed by atoms with van der Waals surface area (Å²) in [6.07, 6.45) is 7.86. The fraction of sp³-hybridized carbons (Fsp3) is 0.893. The molecule has 5 fully saturated rings. The predicted octanol–water partition coefficient (Wildman–Crippen LogP) is 4.65. The number of Topliss-reactive ketones (excluding diaryl/α,β-unsaturated/α-hetero) is 1. The summed E-state index contributed by atoms with van der Waals surface area (Å²) >= 11 is 0. The highest BCUT2D eigenvalue weighted by molar-refractivity contribution is 5.84. The molecule has 11 unspecified atom stereocenters. The van der Waals surface area contributed by atoms with E-state index in [0.717, 1.165) is 45.1 Å². The van der Waals surface area contributed by atoms with Gasteiger partial charge in [0, 0.05) is 24.3 Å². The van der Waals surface area contributed by atoms with Gasteiger partial charge in [-0.1, -0.05) is 33.3 Å². The lowest BCUT2D eigenvalue weighted by Gasteiger charge is -2.54. The monoisotopic (exact) mass is 441 g/mol. The summed E-state index contributed by atoms with van der Waals surface area (Å²) in [7, 11) is 0. The van der Waals surface area contributed by atoms with Gasteiger partial charge in [-0.15, -0.1) is 0 Å². The molecule has 2 N–H and O–H groups in total. The van der Waals surface area contributed by atoms with Gasteiger partial charge in [0.1, 0.15) is 5.78 Å². The van der Waals surface area contributed by atoms with Crippen LogP contribution in [0.25, 0.3) is 0 Å². The summed E-state index contributed by atoms with van der Waals surface area (Å²) in [6.45, 7) is 13.1. The van der Waals surface area contributed by atoms with E-state index in [9.17, 15) is 9.90 Å². The first kappa shape index (κ1) is 21.8. The first-order valence-electron chi connectivity index (χ1n) is 13.4. The molecule has 4 nitrogen and oxygen atoms in total. The molecule has 2 heterocycles. The summed E-state index contributed by atoms with van der Waals surface area (Å²) in [5.41, 5.74) is 3.21. The molecule has 0 bridgehead atoms. The van der Waals surface area contributed by atoms with Crippen molar-refractivity contribution in [2.24, 2.45) is 40.4 Å². The van der Waals surface area contributed by atoms with E-state index in [4.69, 9.17) is 4.74 Å². The van der Waals surface area contributed by atoms with Crippen LogP contribution < -0.4 is 5.32 Å². The van der Waals surface area contributed by atoms with Crippen molar-refractivity contribution in [3.63, 3.8) is 0 Å². The molecule has 4 aliphatic carbocycles. The van der Waals surface area contributed by atoms with Crippen LogP contribution in [0.3, 0.4) is 0 Å². The SMILES string of the molecule is CC1=C2CC3C(CC(=O)C4CC(O)CCC43C)C2(C)CCC12OC1CC(C)CNC1C2C. The van der Waals surface area contributed by atoms with Gasteiger partial charge < -0.3 is 15.2 Å². The van der Waals surface area contributed by atoms with Crippen LogP contribution in [-0.4, -0.2) is 41.3 Å². The third kappa shape index (κ3) is 2.64. The fourth-order valence-corrected chi connectivity index (χ4v) is 9.84. The zero-order valence-electron chi connectivity index (χ0n) is 20.7. The molecule has 6 aliphatic rings. The van der Waals surface area contributed by atoms with Crippen molar-refractivity contribution >= 4 is 5.78 Å². The molecule has 32 heavy (non-hydrogen) atoms. The number of piperidine rings is 1. The maximum absolute atomic E-state index is 13.4. The predicted molar refractivity (Wildman–Crippen MR) is 125 cm³/mol. The van der Waals surface area contributed by atoms with E-state index in [1.165, 1.54) is 12.0 Å². The van der Waals surface area contributed by atoms with Crippen LogP contribution in [-0.2, 0) is 9.53 Å². The number of aliphatic hydroxyl groups excluding tert-OH is 1. The van der Waals surface area contributed by atoms with Gasteiger partial charge in [0.2, 0.25) is 0 Å². The molecule has 11 atom stereocenters. The molecule has 0 aromatic carbocycles. The van der Waals surface area contributed by atoms with Gasteiger partial charge in [0.15, 0.2) is 0 Å². The Kier molecular flexibility index (Phi) is 4.71. The van der Waals surface area contributed by atoms with Crippen LogP contribution in [0.2, 0.25) is 0 Å². The Hall–Kier alpha value is -0.710. The van der Waals surface area contributed by atoms with E-state index in [0.29, 0.717) is 48.0 Å². The van der Waals surface area contributed by atoms with Gasteiger partial charge in [-0.3, -0.25) is 4.79 Å². The van der Waals surface area contributed by atoms with Crippen molar-refractivity contribution in [3.05, 3.63) is 11.1 Å². The Labute approximate surface area is 193 Å². The molecule has 178 valence electrons. The van der Waals surface area contributed by atoms with Crippen LogP contribution in [0.4, 0.5) is 0 Å². The van der Waals surface area contributed by atoms with Crippen LogP contribution in [0.1, 0.15) is 86.0 Å². The van der Waals surface area contributed by atoms with E-state index < -0.39 is 0 Å². The first-order valence-corrected chi connectivity index (χ1v) is 13.4. The zero-order chi connectivity index (χ0) is 22.6. The molecule has 2 aliphatic heterocycles. The van der Waals surface area contributed by atoms with Crippen molar-refractivity contribution in [3.8, 4) is 0 Å². The molecule has 0 aromatic heterocycles. The van der Waals surface area contributed by atoms with E-state index >= 15 is 0 Å². The lowest BCUT2D eigenvalue weighted by atomic mass is 9.50. The third-order valence-corrected chi connectivity index (χ3v) is 11.9. The second-order valence-electron chi connectivity index (χ2n) is 13.2. The second-order valence-corrected chi connectivity index (χ2v) is 13.2. The van der Waals surface area contributed by atoms with Crippen LogP contribution in [0, 0.1) is 40.4 Å². The van der Waals surface area contributed by atoms with Gasteiger partial charge in [0.05, 0.1) is 17.8 Å². The van der Waals surface area contributed by atoms with E-state index in [-0.39, 0.29) is 28.5 Å². The van der Waals surface area contributed by atoms with Crippen molar-refractivity contribution in [2.45, 2.75) is 110 Å². The largest absolute Gasteiger partial charge is 0.393 e. The molecule has 4 heteroatoms. The molecule has 3 saturated carbocycles. The number of carbonyl (C=O) groups is 1. The van der Waals surface area contributed by atoms with Gasteiger partial charge >= 0.3 is 0 Å². The first-order chi connectivity index (χ1) is 15.1. The number of carbonyl (C=O) groups excluding carboxylic acids is 1. The van der Waals surface area contributed by atoms with Crippen molar-refractivity contribution in [1.29, 1.82) is 0 Å². The van der Waals surface area contributed by atoms with Crippen LogP contribution >= 0.6 is 0 Å². The number of hydrogen-bond acceptors (Lipinski definition) is 4. The fourth-order valence-electron chi connectivity index (χ4n) is 9.84.